The van der Waals surface area contributed by atoms with Gasteiger partial charge in [0, 0.05) is 51.2 Å². The highest BCUT2D eigenvalue weighted by atomic mass is 32.1. The quantitative estimate of drug-likeness (QED) is 0.841. The van der Waals surface area contributed by atoms with Crippen molar-refractivity contribution in [3.05, 3.63) is 34.3 Å². The van der Waals surface area contributed by atoms with Crippen molar-refractivity contribution in [3.63, 3.8) is 0 Å². The lowest BCUT2D eigenvalue weighted by atomic mass is 10.0. The van der Waals surface area contributed by atoms with Crippen LogP contribution < -0.4 is 9.80 Å². The van der Waals surface area contributed by atoms with E-state index in [9.17, 15) is 4.79 Å². The Morgan fingerprint density at radius 2 is 2.20 bits per heavy atom. The van der Waals surface area contributed by atoms with Crippen LogP contribution in [0.1, 0.15) is 16.9 Å². The fourth-order valence-corrected chi connectivity index (χ4v) is 4.51. The molecule has 1 unspecified atom stereocenters. The van der Waals surface area contributed by atoms with Crippen molar-refractivity contribution >= 4 is 28.9 Å². The molecule has 1 amide bonds. The van der Waals surface area contributed by atoms with Crippen LogP contribution in [0.3, 0.4) is 0 Å². The zero-order valence-corrected chi connectivity index (χ0v) is 15.5. The summed E-state index contributed by atoms with van der Waals surface area (Å²) in [4.78, 5) is 29.3. The summed E-state index contributed by atoms with van der Waals surface area (Å²) in [5.74, 6) is 2.16. The Morgan fingerprint density at radius 1 is 1.32 bits per heavy atom. The second-order valence-electron chi connectivity index (χ2n) is 6.94. The molecule has 1 saturated heterocycles. The van der Waals surface area contributed by atoms with Gasteiger partial charge < -0.3 is 14.7 Å². The number of thiophene rings is 1. The molecule has 0 bridgehead atoms. The molecule has 0 N–H and O–H groups in total. The van der Waals surface area contributed by atoms with Gasteiger partial charge in [0.25, 0.3) is 0 Å². The van der Waals surface area contributed by atoms with Crippen molar-refractivity contribution in [1.29, 1.82) is 0 Å². The number of nitrogens with zero attached hydrogens (tertiary/aromatic N) is 5. The Morgan fingerprint density at radius 3 is 3.04 bits per heavy atom. The Kier molecular flexibility index (Phi) is 4.33. The largest absolute Gasteiger partial charge is 0.363 e. The predicted octanol–water partition coefficient (Wildman–Crippen LogP) is 2.02. The van der Waals surface area contributed by atoms with E-state index >= 15 is 0 Å². The normalized spacial score (nSPS) is 19.8. The summed E-state index contributed by atoms with van der Waals surface area (Å²) in [5, 5.41) is 2.13. The first-order valence-electron chi connectivity index (χ1n) is 8.70. The zero-order valence-electron chi connectivity index (χ0n) is 14.7. The molecule has 4 rings (SSSR count). The summed E-state index contributed by atoms with van der Waals surface area (Å²) < 4.78 is 0. The minimum atomic E-state index is 0.0676. The number of carbonyl (C=O) groups excluding carboxylic acids is 1. The summed E-state index contributed by atoms with van der Waals surface area (Å²) in [6.45, 7) is 3.24. The van der Waals surface area contributed by atoms with Crippen LogP contribution in [0.2, 0.25) is 0 Å². The molecule has 0 aliphatic carbocycles. The molecule has 4 heterocycles. The van der Waals surface area contributed by atoms with Gasteiger partial charge in [-0.25, -0.2) is 9.97 Å². The number of aromatic nitrogens is 2. The Labute approximate surface area is 152 Å². The van der Waals surface area contributed by atoms with Crippen LogP contribution in [0.5, 0.6) is 0 Å². The molecule has 2 aliphatic rings. The minimum Gasteiger partial charge on any atom is -0.363 e. The van der Waals surface area contributed by atoms with Gasteiger partial charge in [0.05, 0.1) is 5.92 Å². The molecule has 0 saturated carbocycles. The van der Waals surface area contributed by atoms with Crippen LogP contribution in [-0.2, 0) is 17.8 Å². The highest BCUT2D eigenvalue weighted by Crippen LogP contribution is 2.28. The van der Waals surface area contributed by atoms with Crippen molar-refractivity contribution in [2.45, 2.75) is 19.4 Å². The van der Waals surface area contributed by atoms with E-state index in [0.717, 1.165) is 50.7 Å². The van der Waals surface area contributed by atoms with Gasteiger partial charge in [-0.2, -0.15) is 0 Å². The van der Waals surface area contributed by atoms with Gasteiger partial charge in [-0.15, -0.1) is 11.3 Å². The SMILES string of the molecule is CN(C)c1cc(N2CCC(C(=O)N3CCc4sccc4C3)C2)ncn1. The first kappa shape index (κ1) is 16.3. The Bertz CT molecular complexity index is 774. The monoisotopic (exact) mass is 357 g/mol. The summed E-state index contributed by atoms with van der Waals surface area (Å²) >= 11 is 1.81. The molecule has 0 spiro atoms. The van der Waals surface area contributed by atoms with Crippen LogP contribution in [0, 0.1) is 5.92 Å². The van der Waals surface area contributed by atoms with Crippen LogP contribution in [0.15, 0.2) is 23.8 Å². The third-order valence-electron chi connectivity index (χ3n) is 5.08. The zero-order chi connectivity index (χ0) is 17.4. The predicted molar refractivity (Wildman–Crippen MR) is 100 cm³/mol. The van der Waals surface area contributed by atoms with E-state index in [1.54, 1.807) is 6.33 Å². The van der Waals surface area contributed by atoms with E-state index < -0.39 is 0 Å². The lowest BCUT2D eigenvalue weighted by molar-refractivity contribution is -0.135. The molecular weight excluding hydrogens is 334 g/mol. The van der Waals surface area contributed by atoms with Crippen molar-refractivity contribution < 1.29 is 4.79 Å². The van der Waals surface area contributed by atoms with Gasteiger partial charge in [-0.1, -0.05) is 0 Å². The first-order chi connectivity index (χ1) is 12.1. The van der Waals surface area contributed by atoms with E-state index in [-0.39, 0.29) is 5.92 Å². The first-order valence-corrected chi connectivity index (χ1v) is 9.58. The molecule has 0 radical (unpaired) electrons. The maximum atomic E-state index is 12.9. The van der Waals surface area contributed by atoms with Crippen LogP contribution in [0.4, 0.5) is 11.6 Å². The second-order valence-corrected chi connectivity index (χ2v) is 7.94. The molecule has 132 valence electrons. The van der Waals surface area contributed by atoms with E-state index in [0.29, 0.717) is 5.91 Å². The number of amides is 1. The van der Waals surface area contributed by atoms with Crippen LogP contribution >= 0.6 is 11.3 Å². The van der Waals surface area contributed by atoms with Crippen LogP contribution in [0.25, 0.3) is 0 Å². The number of carbonyl (C=O) groups is 1. The number of hydrogen-bond donors (Lipinski definition) is 0. The van der Waals surface area contributed by atoms with Gasteiger partial charge in [-0.3, -0.25) is 4.79 Å². The lowest BCUT2D eigenvalue weighted by Crippen LogP contribution is -2.40. The van der Waals surface area contributed by atoms with Gasteiger partial charge in [0.1, 0.15) is 18.0 Å². The Balaban J connectivity index is 1.42. The van der Waals surface area contributed by atoms with E-state index in [1.165, 1.54) is 10.4 Å². The van der Waals surface area contributed by atoms with E-state index in [1.807, 2.05) is 41.3 Å². The molecule has 7 heteroatoms. The number of anilines is 2. The van der Waals surface area contributed by atoms with Gasteiger partial charge in [0.15, 0.2) is 0 Å². The number of hydrogen-bond acceptors (Lipinski definition) is 6. The fourth-order valence-electron chi connectivity index (χ4n) is 3.62. The minimum absolute atomic E-state index is 0.0676. The lowest BCUT2D eigenvalue weighted by Gasteiger charge is -2.29. The van der Waals surface area contributed by atoms with E-state index in [4.69, 9.17) is 0 Å². The molecule has 1 fully saturated rings. The number of fused-ring (bicyclic) bond motifs is 1. The van der Waals surface area contributed by atoms with Crippen molar-refractivity contribution in [2.75, 3.05) is 43.5 Å². The summed E-state index contributed by atoms with van der Waals surface area (Å²) in [6.07, 6.45) is 3.49. The summed E-state index contributed by atoms with van der Waals surface area (Å²) in [5.41, 5.74) is 1.32. The topological polar surface area (TPSA) is 52.6 Å². The molecule has 1 atom stereocenters. The molecular formula is C18H23N5OS. The standard InChI is InChI=1S/C18H23N5OS/c1-21(2)16-9-17(20-12-19-16)22-6-3-14(11-22)18(24)23-7-4-15-13(10-23)5-8-25-15/h5,8-9,12,14H,3-4,6-7,10-11H2,1-2H3. The highest BCUT2D eigenvalue weighted by molar-refractivity contribution is 7.10. The molecule has 0 aromatic carbocycles. The molecule has 2 aromatic rings. The third-order valence-corrected chi connectivity index (χ3v) is 6.10. The molecule has 6 nitrogen and oxygen atoms in total. The smallest absolute Gasteiger partial charge is 0.227 e. The maximum Gasteiger partial charge on any atom is 0.227 e. The second kappa shape index (κ2) is 6.63. The van der Waals surface area contributed by atoms with Crippen molar-refractivity contribution in [1.82, 2.24) is 14.9 Å². The molecule has 2 aliphatic heterocycles. The highest BCUT2D eigenvalue weighted by Gasteiger charge is 2.33. The number of rotatable bonds is 3. The maximum absolute atomic E-state index is 12.9. The summed E-state index contributed by atoms with van der Waals surface area (Å²) in [7, 11) is 3.94. The average Bonchev–Trinajstić information content (AvgIpc) is 3.30. The van der Waals surface area contributed by atoms with Gasteiger partial charge in [0.2, 0.25) is 5.91 Å². The van der Waals surface area contributed by atoms with Crippen LogP contribution in [-0.4, -0.2) is 54.5 Å². The third kappa shape index (κ3) is 3.20. The Hall–Kier alpha value is -2.15. The molecule has 2 aromatic heterocycles. The van der Waals surface area contributed by atoms with Gasteiger partial charge >= 0.3 is 0 Å². The van der Waals surface area contributed by atoms with Crippen molar-refractivity contribution in [2.24, 2.45) is 5.92 Å². The van der Waals surface area contributed by atoms with E-state index in [2.05, 4.69) is 26.3 Å². The van der Waals surface area contributed by atoms with Crippen molar-refractivity contribution in [3.8, 4) is 0 Å². The fraction of sp³-hybridized carbons (Fsp3) is 0.500. The van der Waals surface area contributed by atoms with Gasteiger partial charge in [-0.05, 0) is 29.9 Å². The molecule has 25 heavy (non-hydrogen) atoms. The summed E-state index contributed by atoms with van der Waals surface area (Å²) in [6, 6.07) is 4.15. The average molecular weight is 357 g/mol.